The lowest BCUT2D eigenvalue weighted by Crippen LogP contribution is -2.15. The Balaban J connectivity index is 1.13. The van der Waals surface area contributed by atoms with E-state index in [1.54, 1.807) is 7.11 Å². The molecule has 226 valence electrons. The van der Waals surface area contributed by atoms with Crippen molar-refractivity contribution in [3.05, 3.63) is 149 Å². The Morgan fingerprint density at radius 3 is 1.30 bits per heavy atom. The van der Waals surface area contributed by atoms with Crippen LogP contribution in [-0.2, 0) is 17.4 Å². The van der Waals surface area contributed by atoms with E-state index in [1.807, 2.05) is 6.07 Å². The summed E-state index contributed by atoms with van der Waals surface area (Å²) in [4.78, 5) is 0. The van der Waals surface area contributed by atoms with Crippen molar-refractivity contribution in [3.8, 4) is 61.4 Å². The first-order valence-corrected chi connectivity index (χ1v) is 16.1. The minimum Gasteiger partial charge on any atom is -0.497 e. The molecule has 0 atom stereocenters. The zero-order valence-corrected chi connectivity index (χ0v) is 27.1. The van der Waals surface area contributed by atoms with E-state index in [9.17, 15) is 5.11 Å². The lowest BCUT2D eigenvalue weighted by atomic mass is 9.81. The summed E-state index contributed by atoms with van der Waals surface area (Å²) in [6, 6.07) is 44.5. The van der Waals surface area contributed by atoms with Crippen LogP contribution in [0.25, 0.3) is 55.6 Å². The molecule has 0 fully saturated rings. The van der Waals surface area contributed by atoms with Gasteiger partial charge in [-0.05, 0) is 120 Å². The van der Waals surface area contributed by atoms with Crippen molar-refractivity contribution in [1.29, 1.82) is 0 Å². The van der Waals surface area contributed by atoms with Gasteiger partial charge in [-0.2, -0.15) is 0 Å². The number of aliphatic hydroxyl groups excluding tert-OH is 1. The van der Waals surface area contributed by atoms with Gasteiger partial charge in [0.2, 0.25) is 0 Å². The lowest BCUT2D eigenvalue weighted by molar-refractivity contribution is 0.281. The van der Waals surface area contributed by atoms with Crippen molar-refractivity contribution in [1.82, 2.24) is 0 Å². The van der Waals surface area contributed by atoms with Gasteiger partial charge < -0.3 is 9.84 Å². The number of hydrogen-bond acceptors (Lipinski definition) is 2. The molecule has 2 aliphatic carbocycles. The van der Waals surface area contributed by atoms with Crippen molar-refractivity contribution in [2.75, 3.05) is 7.11 Å². The molecule has 0 aromatic heterocycles. The minimum absolute atomic E-state index is 0.0628. The zero-order chi connectivity index (χ0) is 31.8. The van der Waals surface area contributed by atoms with Crippen LogP contribution in [-0.4, -0.2) is 12.2 Å². The highest BCUT2D eigenvalue weighted by Crippen LogP contribution is 2.52. The summed E-state index contributed by atoms with van der Waals surface area (Å²) in [5.74, 6) is 0.903. The van der Waals surface area contributed by atoms with Crippen LogP contribution in [0.1, 0.15) is 55.5 Å². The molecule has 0 spiro atoms. The summed E-state index contributed by atoms with van der Waals surface area (Å²) in [6.45, 7) is 9.27. The molecule has 0 amide bonds. The average molecular weight is 599 g/mol. The number of rotatable bonds is 5. The van der Waals surface area contributed by atoms with Crippen molar-refractivity contribution >= 4 is 0 Å². The number of benzene rings is 6. The summed E-state index contributed by atoms with van der Waals surface area (Å²) in [5, 5.41) is 9.75. The van der Waals surface area contributed by atoms with Gasteiger partial charge in [-0.1, -0.05) is 113 Å². The van der Waals surface area contributed by atoms with E-state index in [4.69, 9.17) is 4.74 Å². The fourth-order valence-corrected chi connectivity index (χ4v) is 7.84. The summed E-state index contributed by atoms with van der Waals surface area (Å²) in [7, 11) is 1.73. The molecule has 46 heavy (non-hydrogen) atoms. The molecule has 2 nitrogen and oxygen atoms in total. The summed E-state index contributed by atoms with van der Waals surface area (Å²) in [6.07, 6.45) is 0. The van der Waals surface area contributed by atoms with Crippen LogP contribution >= 0.6 is 0 Å². The van der Waals surface area contributed by atoms with E-state index in [1.165, 1.54) is 77.9 Å². The molecule has 8 rings (SSSR count). The molecule has 2 aliphatic rings. The Hall–Kier alpha value is -4.92. The minimum atomic E-state index is -0.129. The van der Waals surface area contributed by atoms with Gasteiger partial charge in [0.25, 0.3) is 0 Å². The molecule has 0 saturated heterocycles. The second kappa shape index (κ2) is 10.3. The molecular formula is C44H38O2. The molecule has 0 heterocycles. The first kappa shape index (κ1) is 28.5. The highest BCUT2D eigenvalue weighted by molar-refractivity contribution is 5.86. The number of hydrogen-bond donors (Lipinski definition) is 1. The van der Waals surface area contributed by atoms with E-state index in [-0.39, 0.29) is 17.4 Å². The number of aliphatic hydroxyl groups is 1. The molecule has 0 aliphatic heterocycles. The van der Waals surface area contributed by atoms with E-state index in [2.05, 4.69) is 143 Å². The van der Waals surface area contributed by atoms with E-state index in [0.717, 1.165) is 11.3 Å². The fourth-order valence-electron chi connectivity index (χ4n) is 7.84. The SMILES string of the molecule is COc1ccc2c(c1)C(C)(C)c1cc(-c3cccc(-c4cccc(-c5ccc6c(c5)C(C)(C)c5cc(CO)ccc5-6)c4)c3)ccc1-2. The second-order valence-electron chi connectivity index (χ2n) is 13.9. The van der Waals surface area contributed by atoms with Crippen LogP contribution in [0.2, 0.25) is 0 Å². The number of ether oxygens (including phenoxy) is 1. The quantitative estimate of drug-likeness (QED) is 0.214. The van der Waals surface area contributed by atoms with Crippen molar-refractivity contribution < 1.29 is 9.84 Å². The van der Waals surface area contributed by atoms with Crippen LogP contribution in [0.5, 0.6) is 5.75 Å². The first-order chi connectivity index (χ1) is 22.2. The predicted molar refractivity (Wildman–Crippen MR) is 190 cm³/mol. The molecule has 0 bridgehead atoms. The van der Waals surface area contributed by atoms with Gasteiger partial charge in [-0.15, -0.1) is 0 Å². The van der Waals surface area contributed by atoms with Crippen molar-refractivity contribution in [2.45, 2.75) is 45.1 Å². The molecule has 0 radical (unpaired) electrons. The van der Waals surface area contributed by atoms with E-state index >= 15 is 0 Å². The van der Waals surface area contributed by atoms with Crippen LogP contribution < -0.4 is 4.74 Å². The lowest BCUT2D eigenvalue weighted by Gasteiger charge is -2.22. The molecular weight excluding hydrogens is 560 g/mol. The highest BCUT2D eigenvalue weighted by atomic mass is 16.5. The van der Waals surface area contributed by atoms with Gasteiger partial charge in [0.1, 0.15) is 5.75 Å². The van der Waals surface area contributed by atoms with Crippen LogP contribution in [0.3, 0.4) is 0 Å². The average Bonchev–Trinajstić information content (AvgIpc) is 3.46. The normalized spacial score (nSPS) is 14.7. The summed E-state index contributed by atoms with van der Waals surface area (Å²) >= 11 is 0. The van der Waals surface area contributed by atoms with Gasteiger partial charge in [-0.25, -0.2) is 0 Å². The maximum absolute atomic E-state index is 9.75. The Morgan fingerprint density at radius 1 is 0.457 bits per heavy atom. The molecule has 6 aromatic carbocycles. The second-order valence-corrected chi connectivity index (χ2v) is 13.9. The fraction of sp³-hybridized carbons (Fsp3) is 0.182. The largest absolute Gasteiger partial charge is 0.497 e. The third kappa shape index (κ3) is 4.28. The number of methoxy groups -OCH3 is 1. The zero-order valence-electron chi connectivity index (χ0n) is 27.1. The van der Waals surface area contributed by atoms with E-state index < -0.39 is 0 Å². The monoisotopic (exact) mass is 598 g/mol. The number of fused-ring (bicyclic) bond motifs is 6. The Bertz CT molecular complexity index is 2030. The van der Waals surface area contributed by atoms with Crippen LogP contribution in [0.15, 0.2) is 121 Å². The molecule has 6 aromatic rings. The molecule has 0 saturated carbocycles. The third-order valence-electron chi connectivity index (χ3n) is 10.5. The molecule has 1 N–H and O–H groups in total. The van der Waals surface area contributed by atoms with Gasteiger partial charge in [0.05, 0.1) is 13.7 Å². The summed E-state index contributed by atoms with van der Waals surface area (Å²) in [5.41, 5.74) is 18.5. The standard InChI is InChI=1S/C44H38O2/c1-43(2)39-20-27(26-45)12-16-35(39)36-17-13-32(23-40(36)43)30-10-6-8-28(21-30)29-9-7-11-31(22-29)33-14-18-37-38-19-15-34(46-5)25-42(38)44(3,4)41(37)24-33/h6-25,45H,26H2,1-5H3. The van der Waals surface area contributed by atoms with Gasteiger partial charge in [-0.3, -0.25) is 0 Å². The summed E-state index contributed by atoms with van der Waals surface area (Å²) < 4.78 is 5.56. The van der Waals surface area contributed by atoms with Gasteiger partial charge >= 0.3 is 0 Å². The van der Waals surface area contributed by atoms with Crippen molar-refractivity contribution in [3.63, 3.8) is 0 Å². The maximum atomic E-state index is 9.75. The topological polar surface area (TPSA) is 29.5 Å². The van der Waals surface area contributed by atoms with Crippen molar-refractivity contribution in [2.24, 2.45) is 0 Å². The van der Waals surface area contributed by atoms with Gasteiger partial charge in [0.15, 0.2) is 0 Å². The Morgan fingerprint density at radius 2 is 0.848 bits per heavy atom. The smallest absolute Gasteiger partial charge is 0.119 e. The maximum Gasteiger partial charge on any atom is 0.119 e. The Kier molecular flexibility index (Phi) is 6.39. The first-order valence-electron chi connectivity index (χ1n) is 16.1. The van der Waals surface area contributed by atoms with Crippen LogP contribution in [0, 0.1) is 0 Å². The van der Waals surface area contributed by atoms with Crippen LogP contribution in [0.4, 0.5) is 0 Å². The molecule has 2 heteroatoms. The highest BCUT2D eigenvalue weighted by Gasteiger charge is 2.37. The molecule has 0 unspecified atom stereocenters. The predicted octanol–water partition coefficient (Wildman–Crippen LogP) is 10.8. The van der Waals surface area contributed by atoms with Gasteiger partial charge in [0, 0.05) is 10.8 Å². The van der Waals surface area contributed by atoms with E-state index in [0.29, 0.717) is 0 Å². The third-order valence-corrected chi connectivity index (χ3v) is 10.5. The Labute approximate surface area is 272 Å².